The van der Waals surface area contributed by atoms with Crippen LogP contribution in [-0.4, -0.2) is 10.2 Å². The molecule has 0 aliphatic heterocycles. The lowest BCUT2D eigenvalue weighted by Crippen LogP contribution is -1.79. The molecule has 0 spiro atoms. The molecule has 23 heavy (non-hydrogen) atoms. The van der Waals surface area contributed by atoms with Crippen LogP contribution in [0.2, 0.25) is 15.1 Å². The van der Waals surface area contributed by atoms with Crippen LogP contribution in [0.1, 0.15) is 0 Å². The Labute approximate surface area is 146 Å². The average molecular weight is 368 g/mol. The third kappa shape index (κ3) is 3.06. The number of phenols is 2. The molecule has 0 radical (unpaired) electrons. The summed E-state index contributed by atoms with van der Waals surface area (Å²) in [6.45, 7) is 0. The number of phenolic OH excluding ortho intramolecular Hbond substituents is 2. The van der Waals surface area contributed by atoms with Crippen LogP contribution < -0.4 is 0 Å². The Balaban J connectivity index is 2.11. The number of benzene rings is 3. The Morgan fingerprint density at radius 2 is 1.43 bits per heavy atom. The minimum Gasteiger partial charge on any atom is -0.506 e. The molecule has 0 aliphatic carbocycles. The van der Waals surface area contributed by atoms with Gasteiger partial charge in [0.05, 0.1) is 5.02 Å². The second kappa shape index (κ2) is 6.24. The van der Waals surface area contributed by atoms with Gasteiger partial charge in [0.1, 0.15) is 17.1 Å². The summed E-state index contributed by atoms with van der Waals surface area (Å²) in [6.07, 6.45) is 0. The summed E-state index contributed by atoms with van der Waals surface area (Å²) in [5, 5.41) is 30.2. The largest absolute Gasteiger partial charge is 0.506 e. The van der Waals surface area contributed by atoms with Crippen molar-refractivity contribution in [1.29, 1.82) is 0 Å². The molecular weight excluding hydrogens is 359 g/mol. The van der Waals surface area contributed by atoms with E-state index in [1.807, 2.05) is 0 Å². The Bertz CT molecular complexity index is 942. The Kier molecular flexibility index (Phi) is 4.31. The van der Waals surface area contributed by atoms with E-state index in [9.17, 15) is 10.2 Å². The lowest BCUT2D eigenvalue weighted by molar-refractivity contribution is 0.475. The summed E-state index contributed by atoms with van der Waals surface area (Å²) in [5.74, 6) is -0.209. The highest BCUT2D eigenvalue weighted by Gasteiger charge is 2.12. The lowest BCUT2D eigenvalue weighted by Gasteiger charge is -2.07. The molecule has 0 amide bonds. The maximum atomic E-state index is 10.4. The molecule has 0 bridgehead atoms. The van der Waals surface area contributed by atoms with E-state index in [1.54, 1.807) is 24.3 Å². The highest BCUT2D eigenvalue weighted by molar-refractivity contribution is 6.41. The van der Waals surface area contributed by atoms with Gasteiger partial charge in [-0.2, -0.15) is 0 Å². The van der Waals surface area contributed by atoms with Crippen LogP contribution in [0.4, 0.5) is 11.4 Å². The summed E-state index contributed by atoms with van der Waals surface area (Å²) in [5.41, 5.74) is 0.384. The summed E-state index contributed by atoms with van der Waals surface area (Å²) in [7, 11) is 0. The van der Waals surface area contributed by atoms with Gasteiger partial charge in [0, 0.05) is 20.8 Å². The maximum absolute atomic E-state index is 10.4. The number of halogens is 3. The molecular formula is C16H9Cl3N2O2. The smallest absolute Gasteiger partial charge is 0.152 e. The van der Waals surface area contributed by atoms with Gasteiger partial charge >= 0.3 is 0 Å². The number of hydrogen-bond donors (Lipinski definition) is 2. The fourth-order valence-electron chi connectivity index (χ4n) is 2.11. The van der Waals surface area contributed by atoms with Gasteiger partial charge in [-0.3, -0.25) is 0 Å². The Morgan fingerprint density at radius 3 is 2.22 bits per heavy atom. The highest BCUT2D eigenvalue weighted by atomic mass is 35.5. The van der Waals surface area contributed by atoms with Crippen LogP contribution in [0.5, 0.6) is 11.5 Å². The van der Waals surface area contributed by atoms with Gasteiger partial charge in [-0.15, -0.1) is 10.2 Å². The minimum atomic E-state index is -0.139. The van der Waals surface area contributed by atoms with Crippen molar-refractivity contribution in [2.45, 2.75) is 0 Å². The SMILES string of the molecule is Oc1ccc(Cl)cc1N=Nc1ccc2c(Cl)ccc(Cl)c2c1O. The van der Waals surface area contributed by atoms with Gasteiger partial charge in [0.2, 0.25) is 0 Å². The zero-order valence-electron chi connectivity index (χ0n) is 11.5. The molecule has 3 aromatic rings. The number of aromatic hydroxyl groups is 2. The first-order chi connectivity index (χ1) is 11.0. The Morgan fingerprint density at radius 1 is 0.739 bits per heavy atom. The van der Waals surface area contributed by atoms with E-state index in [0.717, 1.165) is 0 Å². The number of azo groups is 1. The number of rotatable bonds is 2. The maximum Gasteiger partial charge on any atom is 0.152 e. The summed E-state index contributed by atoms with van der Waals surface area (Å²) in [6, 6.07) is 10.9. The lowest BCUT2D eigenvalue weighted by atomic mass is 10.1. The van der Waals surface area contributed by atoms with Crippen molar-refractivity contribution >= 4 is 57.0 Å². The van der Waals surface area contributed by atoms with Crippen molar-refractivity contribution in [2.75, 3.05) is 0 Å². The van der Waals surface area contributed by atoms with Crippen LogP contribution in [-0.2, 0) is 0 Å². The molecule has 2 N–H and O–H groups in total. The van der Waals surface area contributed by atoms with Crippen LogP contribution >= 0.6 is 34.8 Å². The molecule has 4 nitrogen and oxygen atoms in total. The molecule has 3 rings (SSSR count). The monoisotopic (exact) mass is 366 g/mol. The molecule has 0 heterocycles. The quantitative estimate of drug-likeness (QED) is 0.499. The first kappa shape index (κ1) is 15.9. The molecule has 0 unspecified atom stereocenters. The van der Waals surface area contributed by atoms with Gasteiger partial charge in [0.25, 0.3) is 0 Å². The molecule has 0 saturated heterocycles. The van der Waals surface area contributed by atoms with Crippen LogP contribution in [0.15, 0.2) is 52.7 Å². The van der Waals surface area contributed by atoms with Crippen molar-refractivity contribution in [3.05, 3.63) is 57.5 Å². The fourth-order valence-corrected chi connectivity index (χ4v) is 2.75. The van der Waals surface area contributed by atoms with Crippen molar-refractivity contribution in [3.63, 3.8) is 0 Å². The van der Waals surface area contributed by atoms with Crippen LogP contribution in [0, 0.1) is 0 Å². The van der Waals surface area contributed by atoms with E-state index < -0.39 is 0 Å². The standard InChI is InChI=1S/C16H9Cl3N2O2/c17-8-1-6-14(22)13(7-8)21-20-12-5-2-9-10(18)3-4-11(19)15(9)16(12)23/h1-7,22-23H. The van der Waals surface area contributed by atoms with E-state index in [1.165, 1.54) is 18.2 Å². The fraction of sp³-hybridized carbons (Fsp3) is 0. The van der Waals surface area contributed by atoms with Gasteiger partial charge in [-0.25, -0.2) is 0 Å². The second-order valence-electron chi connectivity index (χ2n) is 4.72. The van der Waals surface area contributed by atoms with Crippen molar-refractivity contribution in [3.8, 4) is 11.5 Å². The van der Waals surface area contributed by atoms with Gasteiger partial charge in [-0.1, -0.05) is 40.9 Å². The number of fused-ring (bicyclic) bond motifs is 1. The minimum absolute atomic E-state index is 0.0699. The molecule has 116 valence electrons. The van der Waals surface area contributed by atoms with Gasteiger partial charge < -0.3 is 10.2 Å². The topological polar surface area (TPSA) is 65.2 Å². The zero-order valence-corrected chi connectivity index (χ0v) is 13.7. The third-order valence-electron chi connectivity index (χ3n) is 3.23. The first-order valence-electron chi connectivity index (χ1n) is 6.47. The van der Waals surface area contributed by atoms with Gasteiger partial charge in [-0.05, 0) is 36.4 Å². The van der Waals surface area contributed by atoms with E-state index in [-0.39, 0.29) is 22.9 Å². The van der Waals surface area contributed by atoms with E-state index in [2.05, 4.69) is 10.2 Å². The summed E-state index contributed by atoms with van der Waals surface area (Å²) < 4.78 is 0. The number of hydrogen-bond acceptors (Lipinski definition) is 4. The van der Waals surface area contributed by atoms with Crippen molar-refractivity contribution < 1.29 is 10.2 Å². The number of nitrogens with zero attached hydrogens (tertiary/aromatic N) is 2. The van der Waals surface area contributed by atoms with Crippen molar-refractivity contribution in [1.82, 2.24) is 0 Å². The normalized spacial score (nSPS) is 11.4. The molecule has 0 aliphatic rings. The van der Waals surface area contributed by atoms with E-state index >= 15 is 0 Å². The van der Waals surface area contributed by atoms with Crippen LogP contribution in [0.3, 0.4) is 0 Å². The van der Waals surface area contributed by atoms with Gasteiger partial charge in [0.15, 0.2) is 5.75 Å². The highest BCUT2D eigenvalue weighted by Crippen LogP contribution is 2.42. The van der Waals surface area contributed by atoms with E-state index in [0.29, 0.717) is 25.8 Å². The molecule has 0 saturated carbocycles. The molecule has 7 heteroatoms. The third-order valence-corrected chi connectivity index (χ3v) is 4.11. The predicted molar refractivity (Wildman–Crippen MR) is 92.9 cm³/mol. The van der Waals surface area contributed by atoms with E-state index in [4.69, 9.17) is 34.8 Å². The summed E-state index contributed by atoms with van der Waals surface area (Å²) in [4.78, 5) is 0. The molecule has 0 aromatic heterocycles. The Hall–Kier alpha value is -2.01. The van der Waals surface area contributed by atoms with Crippen LogP contribution in [0.25, 0.3) is 10.8 Å². The molecule has 0 fully saturated rings. The second-order valence-corrected chi connectivity index (χ2v) is 5.97. The first-order valence-corrected chi connectivity index (χ1v) is 7.60. The van der Waals surface area contributed by atoms with Crippen molar-refractivity contribution in [2.24, 2.45) is 10.2 Å². The zero-order chi connectivity index (χ0) is 16.6. The average Bonchev–Trinajstić information content (AvgIpc) is 2.53. The molecule has 3 aromatic carbocycles. The predicted octanol–water partition coefficient (Wildman–Crippen LogP) is 6.63. The summed E-state index contributed by atoms with van der Waals surface area (Å²) >= 11 is 18.1. The molecule has 0 atom stereocenters.